The first-order chi connectivity index (χ1) is 12.2. The van der Waals surface area contributed by atoms with Crippen molar-refractivity contribution in [3.63, 3.8) is 0 Å². The Bertz CT molecular complexity index is 907. The lowest BCUT2D eigenvalue weighted by Gasteiger charge is -2.13. The van der Waals surface area contributed by atoms with Crippen LogP contribution in [-0.4, -0.2) is 58.8 Å². The molecule has 0 radical (unpaired) electrons. The van der Waals surface area contributed by atoms with E-state index in [0.717, 1.165) is 31.0 Å². The Hall–Kier alpha value is -1.52. The molecule has 0 bridgehead atoms. The molecule has 1 aromatic carbocycles. The number of ether oxygens (including phenoxy) is 1. The second-order valence-corrected chi connectivity index (χ2v) is 11.0. The van der Waals surface area contributed by atoms with Gasteiger partial charge in [0.2, 0.25) is 0 Å². The molecule has 1 amide bonds. The zero-order chi connectivity index (χ0) is 18.9. The quantitative estimate of drug-likeness (QED) is 0.723. The molecule has 1 N–H and O–H groups in total. The predicted octanol–water partition coefficient (Wildman–Crippen LogP) is 0.695. The molecule has 2 aliphatic heterocycles. The van der Waals surface area contributed by atoms with Crippen molar-refractivity contribution in [2.24, 2.45) is 0 Å². The van der Waals surface area contributed by atoms with Gasteiger partial charge in [-0.15, -0.1) is 0 Å². The van der Waals surface area contributed by atoms with Gasteiger partial charge in [-0.05, 0) is 37.5 Å². The molecule has 144 valence electrons. The number of carbonyl (C=O) groups excluding carboxylic acids is 1. The summed E-state index contributed by atoms with van der Waals surface area (Å²) in [6.07, 6.45) is 1.57. The summed E-state index contributed by atoms with van der Waals surface area (Å²) in [4.78, 5) is 12.0. The molecular formula is C16H20FNO6S2. The van der Waals surface area contributed by atoms with E-state index in [0.29, 0.717) is 6.61 Å². The van der Waals surface area contributed by atoms with Crippen LogP contribution >= 0.6 is 0 Å². The van der Waals surface area contributed by atoms with Gasteiger partial charge in [-0.3, -0.25) is 4.79 Å². The number of benzene rings is 1. The molecular weight excluding hydrogens is 385 g/mol. The smallest absolute Gasteiger partial charge is 0.254 e. The first-order valence-corrected chi connectivity index (χ1v) is 11.7. The highest BCUT2D eigenvalue weighted by Crippen LogP contribution is 2.26. The maximum Gasteiger partial charge on any atom is 0.254 e. The molecule has 10 heteroatoms. The van der Waals surface area contributed by atoms with E-state index in [-0.39, 0.29) is 35.3 Å². The van der Waals surface area contributed by atoms with Crippen molar-refractivity contribution in [1.29, 1.82) is 0 Å². The monoisotopic (exact) mass is 405 g/mol. The minimum atomic E-state index is -3.96. The van der Waals surface area contributed by atoms with Crippen LogP contribution in [0.5, 0.6) is 0 Å². The van der Waals surface area contributed by atoms with Gasteiger partial charge < -0.3 is 10.1 Å². The Kier molecular flexibility index (Phi) is 5.36. The Labute approximate surface area is 151 Å². The average Bonchev–Trinajstić information content (AvgIpc) is 3.22. The zero-order valence-corrected chi connectivity index (χ0v) is 15.6. The number of sulfone groups is 2. The van der Waals surface area contributed by atoms with Crippen LogP contribution in [0.3, 0.4) is 0 Å². The molecule has 2 heterocycles. The molecule has 2 saturated heterocycles. The van der Waals surface area contributed by atoms with Crippen molar-refractivity contribution in [3.8, 4) is 0 Å². The Morgan fingerprint density at radius 3 is 2.69 bits per heavy atom. The number of hydrogen-bond donors (Lipinski definition) is 1. The largest absolute Gasteiger partial charge is 0.376 e. The Balaban J connectivity index is 1.79. The van der Waals surface area contributed by atoms with Crippen molar-refractivity contribution in [1.82, 2.24) is 5.32 Å². The van der Waals surface area contributed by atoms with E-state index in [4.69, 9.17) is 4.74 Å². The molecule has 26 heavy (non-hydrogen) atoms. The van der Waals surface area contributed by atoms with Gasteiger partial charge in [0, 0.05) is 13.2 Å². The molecule has 0 aliphatic carbocycles. The molecule has 0 spiro atoms. The van der Waals surface area contributed by atoms with Crippen LogP contribution < -0.4 is 5.32 Å². The van der Waals surface area contributed by atoms with E-state index in [1.54, 1.807) is 0 Å². The van der Waals surface area contributed by atoms with Gasteiger partial charge in [-0.2, -0.15) is 0 Å². The Morgan fingerprint density at radius 2 is 2.08 bits per heavy atom. The molecule has 0 saturated carbocycles. The molecule has 0 unspecified atom stereocenters. The molecule has 2 fully saturated rings. The van der Waals surface area contributed by atoms with Crippen LogP contribution in [0.25, 0.3) is 0 Å². The van der Waals surface area contributed by atoms with Crippen LogP contribution in [0.4, 0.5) is 4.39 Å². The molecule has 1 aromatic rings. The third-order valence-corrected chi connectivity index (χ3v) is 8.82. The minimum absolute atomic E-state index is 0.00257. The van der Waals surface area contributed by atoms with E-state index in [1.807, 2.05) is 0 Å². The number of amides is 1. The number of carbonyl (C=O) groups is 1. The summed E-state index contributed by atoms with van der Waals surface area (Å²) < 4.78 is 67.8. The second kappa shape index (κ2) is 7.24. The molecule has 2 aliphatic rings. The maximum absolute atomic E-state index is 14.0. The minimum Gasteiger partial charge on any atom is -0.376 e. The summed E-state index contributed by atoms with van der Waals surface area (Å²) >= 11 is 0. The van der Waals surface area contributed by atoms with Crippen LogP contribution in [0.2, 0.25) is 0 Å². The van der Waals surface area contributed by atoms with Gasteiger partial charge in [0.1, 0.15) is 5.82 Å². The van der Waals surface area contributed by atoms with Crippen molar-refractivity contribution in [2.45, 2.75) is 35.5 Å². The van der Waals surface area contributed by atoms with Gasteiger partial charge in [0.25, 0.3) is 5.91 Å². The lowest BCUT2D eigenvalue weighted by atomic mass is 10.2. The standard InChI is InChI=1S/C16H20FNO6S2/c17-15-4-3-12(26(22,23)13-5-7-25(20,21)10-13)8-14(15)16(19)18-9-11-2-1-6-24-11/h3-4,8,11,13H,1-2,5-7,9-10H2,(H,18,19)/t11-,13+/m1/s1. The number of nitrogens with one attached hydrogen (secondary N) is 1. The summed E-state index contributed by atoms with van der Waals surface area (Å²) in [6, 6.07) is 2.95. The molecule has 3 rings (SSSR count). The predicted molar refractivity (Wildman–Crippen MR) is 92.0 cm³/mol. The second-order valence-electron chi connectivity index (χ2n) is 6.56. The first-order valence-electron chi connectivity index (χ1n) is 8.33. The molecule has 7 nitrogen and oxygen atoms in total. The van der Waals surface area contributed by atoms with E-state index >= 15 is 0 Å². The van der Waals surface area contributed by atoms with Crippen molar-refractivity contribution in [3.05, 3.63) is 29.6 Å². The van der Waals surface area contributed by atoms with Crippen LogP contribution in [0.1, 0.15) is 29.6 Å². The van der Waals surface area contributed by atoms with Gasteiger partial charge in [-0.1, -0.05) is 0 Å². The van der Waals surface area contributed by atoms with Gasteiger partial charge in [0.15, 0.2) is 19.7 Å². The van der Waals surface area contributed by atoms with E-state index in [9.17, 15) is 26.0 Å². The van der Waals surface area contributed by atoms with Crippen LogP contribution in [-0.2, 0) is 24.4 Å². The average molecular weight is 405 g/mol. The molecule has 0 aromatic heterocycles. The number of hydrogen-bond acceptors (Lipinski definition) is 6. The van der Waals surface area contributed by atoms with E-state index in [1.165, 1.54) is 0 Å². The van der Waals surface area contributed by atoms with Crippen molar-refractivity contribution < 1.29 is 30.8 Å². The van der Waals surface area contributed by atoms with Gasteiger partial charge in [-0.25, -0.2) is 21.2 Å². The lowest BCUT2D eigenvalue weighted by molar-refractivity contribution is 0.0854. The summed E-state index contributed by atoms with van der Waals surface area (Å²) in [7, 11) is -7.35. The van der Waals surface area contributed by atoms with Gasteiger partial charge in [0.05, 0.1) is 33.3 Å². The number of halogens is 1. The third-order valence-electron chi connectivity index (χ3n) is 4.65. The summed E-state index contributed by atoms with van der Waals surface area (Å²) in [5, 5.41) is 1.48. The highest BCUT2D eigenvalue weighted by molar-refractivity contribution is 7.96. The normalized spacial score (nSPS) is 25.3. The first kappa shape index (κ1) is 19.2. The SMILES string of the molecule is O=C(NC[C@H]1CCCO1)c1cc(S(=O)(=O)[C@H]2CCS(=O)(=O)C2)ccc1F. The van der Waals surface area contributed by atoms with Crippen molar-refractivity contribution in [2.75, 3.05) is 24.7 Å². The molecule has 2 atom stereocenters. The number of rotatable bonds is 5. The third kappa shape index (κ3) is 4.07. The zero-order valence-electron chi connectivity index (χ0n) is 14.0. The summed E-state index contributed by atoms with van der Waals surface area (Å²) in [5.74, 6) is -2.21. The summed E-state index contributed by atoms with van der Waals surface area (Å²) in [5.41, 5.74) is -0.384. The topological polar surface area (TPSA) is 107 Å². The highest BCUT2D eigenvalue weighted by Gasteiger charge is 2.38. The lowest BCUT2D eigenvalue weighted by Crippen LogP contribution is -2.32. The highest BCUT2D eigenvalue weighted by atomic mass is 32.2. The summed E-state index contributed by atoms with van der Waals surface area (Å²) in [6.45, 7) is 0.836. The van der Waals surface area contributed by atoms with E-state index < -0.39 is 42.4 Å². The fraction of sp³-hybridized carbons (Fsp3) is 0.562. The van der Waals surface area contributed by atoms with Crippen molar-refractivity contribution >= 4 is 25.6 Å². The van der Waals surface area contributed by atoms with Crippen LogP contribution in [0.15, 0.2) is 23.1 Å². The fourth-order valence-electron chi connectivity index (χ4n) is 3.16. The Morgan fingerprint density at radius 1 is 1.31 bits per heavy atom. The van der Waals surface area contributed by atoms with Crippen LogP contribution in [0, 0.1) is 5.82 Å². The fourth-order valence-corrected chi connectivity index (χ4v) is 7.54. The van der Waals surface area contributed by atoms with Gasteiger partial charge >= 0.3 is 0 Å². The van der Waals surface area contributed by atoms with E-state index in [2.05, 4.69) is 5.32 Å². The maximum atomic E-state index is 14.0.